The number of carbonyl (C=O) groups excluding carboxylic acids is 2. The van der Waals surface area contributed by atoms with Crippen LogP contribution in [0.25, 0.3) is 0 Å². The second kappa shape index (κ2) is 11.8. The van der Waals surface area contributed by atoms with Crippen molar-refractivity contribution in [1.29, 1.82) is 0 Å². The van der Waals surface area contributed by atoms with Gasteiger partial charge in [-0.3, -0.25) is 9.78 Å². The van der Waals surface area contributed by atoms with Gasteiger partial charge in [-0.2, -0.15) is 9.78 Å². The molecule has 0 spiro atoms. The zero-order chi connectivity index (χ0) is 17.6. The van der Waals surface area contributed by atoms with E-state index in [9.17, 15) is 9.59 Å². The molecule has 128 valence electrons. The summed E-state index contributed by atoms with van der Waals surface area (Å²) in [5.74, 6) is -0.929. The van der Waals surface area contributed by atoms with Gasteiger partial charge in [-0.25, -0.2) is 9.59 Å². The molecule has 6 nitrogen and oxygen atoms in total. The summed E-state index contributed by atoms with van der Waals surface area (Å²) in [4.78, 5) is 39.7. The normalized spacial score (nSPS) is 9.42. The molecule has 0 N–H and O–H groups in total. The quantitative estimate of drug-likeness (QED) is 0.457. The molecule has 0 amide bonds. The monoisotopic (exact) mass is 332 g/mol. The lowest BCUT2D eigenvalue weighted by atomic mass is 10.2. The van der Waals surface area contributed by atoms with Crippen LogP contribution in [0.4, 0.5) is 0 Å². The average Bonchev–Trinajstić information content (AvgIpc) is 2.64. The number of hydrogen-bond acceptors (Lipinski definition) is 6. The van der Waals surface area contributed by atoms with Crippen LogP contribution in [0.2, 0.25) is 0 Å². The fourth-order valence-electron chi connectivity index (χ4n) is 1.50. The van der Waals surface area contributed by atoms with Crippen LogP contribution in [0.5, 0.6) is 0 Å². The molecule has 0 aliphatic rings. The van der Waals surface area contributed by atoms with E-state index in [2.05, 4.69) is 19.6 Å². The van der Waals surface area contributed by atoms with Gasteiger partial charge in [0.2, 0.25) is 0 Å². The van der Waals surface area contributed by atoms with Crippen LogP contribution in [0, 0.1) is 0 Å². The van der Waals surface area contributed by atoms with Gasteiger partial charge in [-0.1, -0.05) is 43.3 Å². The Morgan fingerprint density at radius 3 is 1.67 bits per heavy atom. The van der Waals surface area contributed by atoms with Gasteiger partial charge < -0.3 is 0 Å². The fraction of sp³-hybridized carbons (Fsp3) is 0.222. The second-order valence-corrected chi connectivity index (χ2v) is 4.46. The third kappa shape index (κ3) is 7.53. The molecule has 2 rings (SSSR count). The number of rotatable bonds is 6. The average molecular weight is 332 g/mol. The Hall–Kier alpha value is -2.70. The maximum absolute atomic E-state index is 11.2. The summed E-state index contributed by atoms with van der Waals surface area (Å²) >= 11 is 0. The molecule has 0 aliphatic carbocycles. The van der Waals surface area contributed by atoms with E-state index in [1.54, 1.807) is 48.5 Å². The Kier molecular flexibility index (Phi) is 9.52. The summed E-state index contributed by atoms with van der Waals surface area (Å²) in [5.41, 5.74) is 0.980. The Balaban J connectivity index is 0.000000243. The van der Waals surface area contributed by atoms with Crippen molar-refractivity contribution in [3.8, 4) is 0 Å². The van der Waals surface area contributed by atoms with E-state index in [0.717, 1.165) is 6.42 Å². The topological polar surface area (TPSA) is 71.1 Å². The minimum atomic E-state index is -0.479. The van der Waals surface area contributed by atoms with Crippen LogP contribution in [-0.4, -0.2) is 25.7 Å². The molecule has 0 unspecified atom stereocenters. The fourth-order valence-corrected chi connectivity index (χ4v) is 1.50. The van der Waals surface area contributed by atoms with Crippen LogP contribution >= 0.6 is 0 Å². The van der Waals surface area contributed by atoms with Crippen molar-refractivity contribution < 1.29 is 29.1 Å². The van der Waals surface area contributed by atoms with Crippen molar-refractivity contribution in [3.63, 3.8) is 0 Å². The van der Waals surface area contributed by atoms with Gasteiger partial charge in [0.15, 0.2) is 0 Å². The van der Waals surface area contributed by atoms with Gasteiger partial charge in [0.1, 0.15) is 0 Å². The summed E-state index contributed by atoms with van der Waals surface area (Å²) in [6, 6.07) is 17.4. The number of hydrogen-bond donors (Lipinski definition) is 0. The lowest BCUT2D eigenvalue weighted by Gasteiger charge is -2.01. The molecular formula is C18H20O6. The molecule has 0 bridgehead atoms. The molecule has 24 heavy (non-hydrogen) atoms. The smallest absolute Gasteiger partial charge is 0.293 e. The highest BCUT2D eigenvalue weighted by atomic mass is 17.2. The third-order valence-electron chi connectivity index (χ3n) is 2.60. The SMILES string of the molecule is CCCOOC(=O)c1ccccc1.COOC(=O)c1ccccc1. The van der Waals surface area contributed by atoms with Gasteiger partial charge in [-0.15, -0.1) is 0 Å². The summed E-state index contributed by atoms with van der Waals surface area (Å²) in [5, 5.41) is 0. The standard InChI is InChI=1S/C10H12O3.C8H8O3/c1-2-8-12-13-10(11)9-6-4-3-5-7-9;1-10-11-8(9)7-5-3-2-4-6-7/h3-7H,2,8H2,1H3;2-6H,1H3. The number of carbonyl (C=O) groups is 2. The molecule has 0 atom stereocenters. The van der Waals surface area contributed by atoms with E-state index in [0.29, 0.717) is 17.7 Å². The number of benzene rings is 2. The maximum atomic E-state index is 11.2. The Morgan fingerprint density at radius 2 is 1.25 bits per heavy atom. The van der Waals surface area contributed by atoms with Crippen LogP contribution in [0.3, 0.4) is 0 Å². The lowest BCUT2D eigenvalue weighted by Crippen LogP contribution is -2.06. The molecule has 0 saturated heterocycles. The highest BCUT2D eigenvalue weighted by Crippen LogP contribution is 2.01. The highest BCUT2D eigenvalue weighted by molar-refractivity contribution is 5.89. The van der Waals surface area contributed by atoms with E-state index < -0.39 is 11.9 Å². The maximum Gasteiger partial charge on any atom is 0.373 e. The Labute approximate surface area is 140 Å². The van der Waals surface area contributed by atoms with Crippen molar-refractivity contribution in [2.75, 3.05) is 13.7 Å². The predicted octanol–water partition coefficient (Wildman–Crippen LogP) is 3.59. The summed E-state index contributed by atoms with van der Waals surface area (Å²) in [7, 11) is 1.29. The molecule has 0 heterocycles. The highest BCUT2D eigenvalue weighted by Gasteiger charge is 2.06. The van der Waals surface area contributed by atoms with E-state index >= 15 is 0 Å². The first kappa shape index (κ1) is 19.3. The van der Waals surface area contributed by atoms with Crippen molar-refractivity contribution in [2.24, 2.45) is 0 Å². The van der Waals surface area contributed by atoms with Crippen molar-refractivity contribution >= 4 is 11.9 Å². The van der Waals surface area contributed by atoms with E-state index in [4.69, 9.17) is 0 Å². The van der Waals surface area contributed by atoms with E-state index in [1.165, 1.54) is 7.11 Å². The van der Waals surface area contributed by atoms with E-state index in [-0.39, 0.29) is 0 Å². The first-order chi connectivity index (χ1) is 11.7. The van der Waals surface area contributed by atoms with Crippen LogP contribution in [-0.2, 0) is 19.6 Å². The molecular weight excluding hydrogens is 312 g/mol. The van der Waals surface area contributed by atoms with Gasteiger partial charge in [0.05, 0.1) is 24.8 Å². The molecule has 2 aromatic carbocycles. The minimum absolute atomic E-state index is 0.429. The molecule has 0 aromatic heterocycles. The van der Waals surface area contributed by atoms with Gasteiger partial charge in [-0.05, 0) is 30.7 Å². The van der Waals surface area contributed by atoms with Crippen molar-refractivity contribution in [3.05, 3.63) is 71.8 Å². The first-order valence-corrected chi connectivity index (χ1v) is 7.38. The Bertz CT molecular complexity index is 597. The molecule has 0 fully saturated rings. The van der Waals surface area contributed by atoms with E-state index in [1.807, 2.05) is 19.1 Å². The zero-order valence-electron chi connectivity index (χ0n) is 13.6. The third-order valence-corrected chi connectivity index (χ3v) is 2.60. The van der Waals surface area contributed by atoms with Crippen LogP contribution in [0.15, 0.2) is 60.7 Å². The molecule has 0 saturated carbocycles. The lowest BCUT2D eigenvalue weighted by molar-refractivity contribution is -0.240. The van der Waals surface area contributed by atoms with Crippen LogP contribution in [0.1, 0.15) is 34.1 Å². The summed E-state index contributed by atoms with van der Waals surface area (Å²) < 4.78 is 0. The second-order valence-electron chi connectivity index (χ2n) is 4.46. The molecule has 2 aromatic rings. The zero-order valence-corrected chi connectivity index (χ0v) is 13.6. The van der Waals surface area contributed by atoms with Gasteiger partial charge in [0, 0.05) is 0 Å². The van der Waals surface area contributed by atoms with Gasteiger partial charge in [0.25, 0.3) is 0 Å². The largest absolute Gasteiger partial charge is 0.373 e. The molecule has 0 radical (unpaired) electrons. The van der Waals surface area contributed by atoms with Crippen molar-refractivity contribution in [1.82, 2.24) is 0 Å². The first-order valence-electron chi connectivity index (χ1n) is 7.38. The van der Waals surface area contributed by atoms with Gasteiger partial charge >= 0.3 is 11.9 Å². The minimum Gasteiger partial charge on any atom is -0.293 e. The summed E-state index contributed by atoms with van der Waals surface area (Å²) in [6.07, 6.45) is 0.821. The van der Waals surface area contributed by atoms with Crippen molar-refractivity contribution in [2.45, 2.75) is 13.3 Å². The predicted molar refractivity (Wildman–Crippen MR) is 87.0 cm³/mol. The van der Waals surface area contributed by atoms with Crippen LogP contribution < -0.4 is 0 Å². The Morgan fingerprint density at radius 1 is 0.792 bits per heavy atom. The summed E-state index contributed by atoms with van der Waals surface area (Å²) in [6.45, 7) is 2.37. The molecule has 6 heteroatoms. The molecule has 0 aliphatic heterocycles.